The second-order valence-corrected chi connectivity index (χ2v) is 11.1. The molecule has 1 heterocycles. The van der Waals surface area contributed by atoms with Gasteiger partial charge in [-0.05, 0) is 81.3 Å². The zero-order valence-electron chi connectivity index (χ0n) is 23.3. The SMILES string of the molecule is CCOC(=O)C(C)(C)Oc1cccc(CC2CN(C(=O)Oc3ccccc3)CC2C(=O)c2ccc(SC)cc2)c1. The van der Waals surface area contributed by atoms with Gasteiger partial charge < -0.3 is 19.1 Å². The number of hydrogen-bond acceptors (Lipinski definition) is 7. The summed E-state index contributed by atoms with van der Waals surface area (Å²) in [4.78, 5) is 41.8. The highest BCUT2D eigenvalue weighted by Gasteiger charge is 2.40. The minimum Gasteiger partial charge on any atom is -0.476 e. The van der Waals surface area contributed by atoms with Gasteiger partial charge in [0.2, 0.25) is 0 Å². The van der Waals surface area contributed by atoms with E-state index >= 15 is 0 Å². The van der Waals surface area contributed by atoms with E-state index < -0.39 is 23.6 Å². The average molecular weight is 562 g/mol. The van der Waals surface area contributed by atoms with Crippen molar-refractivity contribution in [3.05, 3.63) is 90.0 Å². The van der Waals surface area contributed by atoms with Crippen LogP contribution in [0.4, 0.5) is 4.79 Å². The van der Waals surface area contributed by atoms with Crippen molar-refractivity contribution in [1.29, 1.82) is 0 Å². The number of ketones is 1. The summed E-state index contributed by atoms with van der Waals surface area (Å²) in [5, 5.41) is 0. The van der Waals surface area contributed by atoms with Gasteiger partial charge in [0.1, 0.15) is 11.5 Å². The number of nitrogens with zero attached hydrogens (tertiary/aromatic N) is 1. The zero-order valence-corrected chi connectivity index (χ0v) is 24.1. The molecule has 0 spiro atoms. The second-order valence-electron chi connectivity index (χ2n) is 10.2. The van der Waals surface area contributed by atoms with Crippen LogP contribution in [0, 0.1) is 11.8 Å². The van der Waals surface area contributed by atoms with Crippen LogP contribution in [0.15, 0.2) is 83.8 Å². The number of likely N-dealkylation sites (tertiary alicyclic amines) is 1. The molecule has 7 nitrogen and oxygen atoms in total. The number of para-hydroxylation sites is 1. The van der Waals surface area contributed by atoms with Crippen LogP contribution in [0.1, 0.15) is 36.7 Å². The van der Waals surface area contributed by atoms with E-state index in [0.717, 1.165) is 10.5 Å². The molecule has 3 aromatic rings. The van der Waals surface area contributed by atoms with Crippen molar-refractivity contribution in [2.45, 2.75) is 37.7 Å². The molecule has 0 saturated carbocycles. The second kappa shape index (κ2) is 13.0. The summed E-state index contributed by atoms with van der Waals surface area (Å²) in [7, 11) is 0. The van der Waals surface area contributed by atoms with Gasteiger partial charge in [-0.25, -0.2) is 9.59 Å². The Balaban J connectivity index is 1.54. The molecule has 0 N–H and O–H groups in total. The standard InChI is InChI=1S/C32H35NO6S/c1-5-37-30(35)32(2,3)39-26-13-9-10-22(19-26)18-24-20-33(31(36)38-25-11-7-6-8-12-25)21-28(24)29(34)23-14-16-27(40-4)17-15-23/h6-17,19,24,28H,5,18,20-21H2,1-4H3. The van der Waals surface area contributed by atoms with Crippen molar-refractivity contribution in [1.82, 2.24) is 4.90 Å². The van der Waals surface area contributed by atoms with E-state index in [1.807, 2.05) is 54.8 Å². The lowest BCUT2D eigenvalue weighted by Gasteiger charge is -2.24. The first-order valence-electron chi connectivity index (χ1n) is 13.4. The van der Waals surface area contributed by atoms with Crippen molar-refractivity contribution in [2.75, 3.05) is 26.0 Å². The monoisotopic (exact) mass is 561 g/mol. The smallest absolute Gasteiger partial charge is 0.415 e. The minimum atomic E-state index is -1.15. The molecule has 1 fully saturated rings. The van der Waals surface area contributed by atoms with E-state index in [-0.39, 0.29) is 24.9 Å². The summed E-state index contributed by atoms with van der Waals surface area (Å²) < 4.78 is 16.7. The van der Waals surface area contributed by atoms with Crippen LogP contribution in [0.25, 0.3) is 0 Å². The van der Waals surface area contributed by atoms with Gasteiger partial charge in [-0.2, -0.15) is 0 Å². The Morgan fingerprint density at radius 1 is 0.925 bits per heavy atom. The largest absolute Gasteiger partial charge is 0.476 e. The number of thioether (sulfide) groups is 1. The van der Waals surface area contributed by atoms with Gasteiger partial charge in [0, 0.05) is 29.5 Å². The van der Waals surface area contributed by atoms with Crippen LogP contribution in [0.2, 0.25) is 0 Å². The highest BCUT2D eigenvalue weighted by molar-refractivity contribution is 7.98. The number of benzene rings is 3. The molecule has 0 radical (unpaired) electrons. The maximum Gasteiger partial charge on any atom is 0.415 e. The normalized spacial score (nSPS) is 16.9. The highest BCUT2D eigenvalue weighted by Crippen LogP contribution is 2.32. The van der Waals surface area contributed by atoms with Gasteiger partial charge in [0.15, 0.2) is 11.4 Å². The van der Waals surface area contributed by atoms with Gasteiger partial charge >= 0.3 is 12.1 Å². The summed E-state index contributed by atoms with van der Waals surface area (Å²) in [5.41, 5.74) is 0.414. The molecule has 3 aromatic carbocycles. The lowest BCUT2D eigenvalue weighted by molar-refractivity contribution is -0.158. The van der Waals surface area contributed by atoms with Crippen molar-refractivity contribution in [3.63, 3.8) is 0 Å². The first kappa shape index (κ1) is 29.2. The number of amides is 1. The number of carbonyl (C=O) groups excluding carboxylic acids is 3. The van der Waals surface area contributed by atoms with Crippen molar-refractivity contribution < 1.29 is 28.6 Å². The van der Waals surface area contributed by atoms with Crippen molar-refractivity contribution in [3.8, 4) is 11.5 Å². The third-order valence-corrected chi connectivity index (χ3v) is 7.64. The number of rotatable bonds is 10. The van der Waals surface area contributed by atoms with Crippen LogP contribution < -0.4 is 9.47 Å². The van der Waals surface area contributed by atoms with E-state index in [1.54, 1.807) is 67.8 Å². The number of hydrogen-bond donors (Lipinski definition) is 0. The molecule has 2 atom stereocenters. The molecule has 0 aromatic heterocycles. The summed E-state index contributed by atoms with van der Waals surface area (Å²) in [6.45, 7) is 6.01. The summed E-state index contributed by atoms with van der Waals surface area (Å²) in [5.74, 6) is 0.0174. The third-order valence-electron chi connectivity index (χ3n) is 6.90. The van der Waals surface area contributed by atoms with Crippen LogP contribution in [-0.4, -0.2) is 54.3 Å². The molecule has 210 valence electrons. The van der Waals surface area contributed by atoms with Gasteiger partial charge in [-0.3, -0.25) is 4.79 Å². The Morgan fingerprint density at radius 3 is 2.30 bits per heavy atom. The van der Waals surface area contributed by atoms with E-state index in [2.05, 4.69) is 0 Å². The minimum absolute atomic E-state index is 0.00325. The number of esters is 1. The summed E-state index contributed by atoms with van der Waals surface area (Å²) in [6, 6.07) is 24.0. The number of ether oxygens (including phenoxy) is 3. The number of carbonyl (C=O) groups is 3. The molecule has 0 bridgehead atoms. The van der Waals surface area contributed by atoms with Gasteiger partial charge in [0.05, 0.1) is 6.61 Å². The molecule has 40 heavy (non-hydrogen) atoms. The molecule has 4 rings (SSSR count). The lowest BCUT2D eigenvalue weighted by Crippen LogP contribution is -2.39. The van der Waals surface area contributed by atoms with Crippen molar-refractivity contribution >= 4 is 29.6 Å². The first-order valence-corrected chi connectivity index (χ1v) is 14.6. The number of Topliss-reactive ketones (excluding diaryl/α,β-unsaturated/α-hetero) is 1. The van der Waals surface area contributed by atoms with Crippen molar-refractivity contribution in [2.24, 2.45) is 11.8 Å². The van der Waals surface area contributed by atoms with E-state index in [1.165, 1.54) is 0 Å². The zero-order chi connectivity index (χ0) is 28.7. The van der Waals surface area contributed by atoms with E-state index in [0.29, 0.717) is 30.0 Å². The molecule has 1 aliphatic rings. The Morgan fingerprint density at radius 2 is 1.62 bits per heavy atom. The molecule has 1 aliphatic heterocycles. The van der Waals surface area contributed by atoms with Crippen LogP contribution in [0.3, 0.4) is 0 Å². The quantitative estimate of drug-likeness (QED) is 0.163. The molecule has 8 heteroatoms. The van der Waals surface area contributed by atoms with Gasteiger partial charge in [-0.1, -0.05) is 42.5 Å². The van der Waals surface area contributed by atoms with Crippen LogP contribution >= 0.6 is 11.8 Å². The topological polar surface area (TPSA) is 82.1 Å². The predicted molar refractivity (Wildman–Crippen MR) is 155 cm³/mol. The van der Waals surface area contributed by atoms with Gasteiger partial charge in [-0.15, -0.1) is 11.8 Å². The molecule has 2 unspecified atom stereocenters. The lowest BCUT2D eigenvalue weighted by atomic mass is 9.84. The van der Waals surface area contributed by atoms with E-state index in [4.69, 9.17) is 14.2 Å². The van der Waals surface area contributed by atoms with Gasteiger partial charge in [0.25, 0.3) is 0 Å². The molecular weight excluding hydrogens is 526 g/mol. The maximum absolute atomic E-state index is 13.7. The molecular formula is C32H35NO6S. The Bertz CT molecular complexity index is 1320. The summed E-state index contributed by atoms with van der Waals surface area (Å²) in [6.07, 6.45) is 2.06. The Kier molecular flexibility index (Phi) is 9.53. The fourth-order valence-electron chi connectivity index (χ4n) is 4.83. The predicted octanol–water partition coefficient (Wildman–Crippen LogP) is 6.30. The molecule has 1 amide bonds. The van der Waals surface area contributed by atoms with Crippen LogP contribution in [-0.2, 0) is 16.0 Å². The highest BCUT2D eigenvalue weighted by atomic mass is 32.2. The maximum atomic E-state index is 13.7. The summed E-state index contributed by atoms with van der Waals surface area (Å²) >= 11 is 1.62. The first-order chi connectivity index (χ1) is 19.2. The van der Waals surface area contributed by atoms with E-state index in [9.17, 15) is 14.4 Å². The average Bonchev–Trinajstić information content (AvgIpc) is 3.37. The molecule has 0 aliphatic carbocycles. The fourth-order valence-corrected chi connectivity index (χ4v) is 5.24. The van der Waals surface area contributed by atoms with Crippen LogP contribution in [0.5, 0.6) is 11.5 Å². The molecule has 1 saturated heterocycles. The Labute approximate surface area is 239 Å². The fraction of sp³-hybridized carbons (Fsp3) is 0.344. The Hall–Kier alpha value is -3.78. The third kappa shape index (κ3) is 7.24.